The van der Waals surface area contributed by atoms with Crippen LogP contribution >= 0.6 is 11.3 Å². The average Bonchev–Trinajstić information content (AvgIpc) is 2.56. The van der Waals surface area contributed by atoms with Gasteiger partial charge in [0.25, 0.3) is 0 Å². The first-order valence-electron chi connectivity index (χ1n) is 4.09. The van der Waals surface area contributed by atoms with Crippen molar-refractivity contribution in [3.8, 4) is 5.75 Å². The van der Waals surface area contributed by atoms with E-state index in [2.05, 4.69) is 4.98 Å². The molecule has 0 spiro atoms. The minimum atomic E-state index is -0.994. The Kier molecular flexibility index (Phi) is 2.20. The van der Waals surface area contributed by atoms with Crippen molar-refractivity contribution >= 4 is 32.7 Å². The minimum absolute atomic E-state index is 0.194. The number of carboxylic acid groups (broad SMARTS) is 1. The number of benzene rings is 1. The molecule has 0 atom stereocenters. The Morgan fingerprint density at radius 1 is 1.60 bits per heavy atom. The topological polar surface area (TPSA) is 85.4 Å². The fourth-order valence-corrected chi connectivity index (χ4v) is 2.19. The molecule has 0 unspecified atom stereocenters. The van der Waals surface area contributed by atoms with Crippen LogP contribution in [0.25, 0.3) is 10.2 Å². The SMILES string of the molecule is COc1ccc(C(=O)O)c2sc(N)nc12. The van der Waals surface area contributed by atoms with Gasteiger partial charge in [0.1, 0.15) is 11.3 Å². The van der Waals surface area contributed by atoms with Gasteiger partial charge in [0, 0.05) is 0 Å². The highest BCUT2D eigenvalue weighted by Crippen LogP contribution is 2.33. The molecule has 78 valence electrons. The molecule has 0 aliphatic rings. The molecule has 2 aromatic rings. The molecule has 6 heteroatoms. The van der Waals surface area contributed by atoms with Gasteiger partial charge in [-0.25, -0.2) is 9.78 Å². The van der Waals surface area contributed by atoms with Crippen molar-refractivity contribution in [3.05, 3.63) is 17.7 Å². The predicted octanol–water partition coefficient (Wildman–Crippen LogP) is 1.59. The molecule has 1 heterocycles. The first kappa shape index (κ1) is 9.72. The first-order chi connectivity index (χ1) is 7.13. The van der Waals surface area contributed by atoms with Crippen LogP contribution < -0.4 is 10.5 Å². The molecule has 15 heavy (non-hydrogen) atoms. The summed E-state index contributed by atoms with van der Waals surface area (Å²) in [7, 11) is 1.50. The van der Waals surface area contributed by atoms with Crippen molar-refractivity contribution < 1.29 is 14.6 Å². The van der Waals surface area contributed by atoms with Gasteiger partial charge >= 0.3 is 5.97 Å². The van der Waals surface area contributed by atoms with Crippen molar-refractivity contribution in [2.75, 3.05) is 12.8 Å². The van der Waals surface area contributed by atoms with Gasteiger partial charge in [-0.2, -0.15) is 0 Å². The fraction of sp³-hybridized carbons (Fsp3) is 0.111. The van der Waals surface area contributed by atoms with E-state index in [-0.39, 0.29) is 5.56 Å². The molecule has 3 N–H and O–H groups in total. The molecular formula is C9H8N2O3S. The number of anilines is 1. The van der Waals surface area contributed by atoms with E-state index in [1.54, 1.807) is 6.07 Å². The lowest BCUT2D eigenvalue weighted by molar-refractivity contribution is 0.0699. The summed E-state index contributed by atoms with van der Waals surface area (Å²) >= 11 is 1.14. The van der Waals surface area contributed by atoms with E-state index >= 15 is 0 Å². The summed E-state index contributed by atoms with van der Waals surface area (Å²) in [6.07, 6.45) is 0. The molecular weight excluding hydrogens is 216 g/mol. The summed E-state index contributed by atoms with van der Waals surface area (Å²) in [4.78, 5) is 15.0. The number of aromatic nitrogens is 1. The lowest BCUT2D eigenvalue weighted by atomic mass is 10.2. The van der Waals surface area contributed by atoms with Gasteiger partial charge in [0.15, 0.2) is 5.13 Å². The first-order valence-corrected chi connectivity index (χ1v) is 4.91. The van der Waals surface area contributed by atoms with E-state index in [1.807, 2.05) is 0 Å². The normalized spacial score (nSPS) is 10.5. The zero-order chi connectivity index (χ0) is 11.0. The number of nitrogen functional groups attached to an aromatic ring is 1. The molecule has 2 rings (SSSR count). The second-order valence-electron chi connectivity index (χ2n) is 2.85. The summed E-state index contributed by atoms with van der Waals surface area (Å²) in [6, 6.07) is 3.06. The lowest BCUT2D eigenvalue weighted by Gasteiger charge is -2.01. The van der Waals surface area contributed by atoms with E-state index in [0.717, 1.165) is 11.3 Å². The summed E-state index contributed by atoms with van der Waals surface area (Å²) in [5, 5.41) is 9.28. The smallest absolute Gasteiger partial charge is 0.337 e. The Bertz CT molecular complexity index is 535. The number of hydrogen-bond donors (Lipinski definition) is 2. The quantitative estimate of drug-likeness (QED) is 0.808. The third-order valence-corrected chi connectivity index (χ3v) is 2.89. The van der Waals surface area contributed by atoms with E-state index < -0.39 is 5.97 Å². The maximum atomic E-state index is 10.9. The van der Waals surface area contributed by atoms with Crippen LogP contribution in [0.2, 0.25) is 0 Å². The van der Waals surface area contributed by atoms with Gasteiger partial charge in [-0.1, -0.05) is 11.3 Å². The molecule has 0 aliphatic heterocycles. The summed E-state index contributed by atoms with van der Waals surface area (Å²) in [5.74, 6) is -0.464. The maximum Gasteiger partial charge on any atom is 0.337 e. The van der Waals surface area contributed by atoms with Crippen LogP contribution in [-0.2, 0) is 0 Å². The fourth-order valence-electron chi connectivity index (χ4n) is 1.33. The Balaban J connectivity index is 2.82. The number of fused-ring (bicyclic) bond motifs is 1. The van der Waals surface area contributed by atoms with Crippen molar-refractivity contribution in [1.82, 2.24) is 4.98 Å². The Hall–Kier alpha value is -1.82. The van der Waals surface area contributed by atoms with Crippen LogP contribution in [0.3, 0.4) is 0 Å². The average molecular weight is 224 g/mol. The number of nitrogens with two attached hydrogens (primary N) is 1. The maximum absolute atomic E-state index is 10.9. The van der Waals surface area contributed by atoms with Gasteiger partial charge in [-0.05, 0) is 12.1 Å². The van der Waals surface area contributed by atoms with Crippen molar-refractivity contribution in [3.63, 3.8) is 0 Å². The number of thiazole rings is 1. The van der Waals surface area contributed by atoms with Gasteiger partial charge < -0.3 is 15.6 Å². The number of carboxylic acids is 1. The number of rotatable bonds is 2. The number of ether oxygens (including phenoxy) is 1. The van der Waals surface area contributed by atoms with E-state index in [0.29, 0.717) is 21.1 Å². The van der Waals surface area contributed by atoms with Gasteiger partial charge in [-0.3, -0.25) is 0 Å². The molecule has 0 bridgehead atoms. The molecule has 1 aromatic heterocycles. The number of nitrogens with zero attached hydrogens (tertiary/aromatic N) is 1. The van der Waals surface area contributed by atoms with Crippen LogP contribution in [-0.4, -0.2) is 23.2 Å². The van der Waals surface area contributed by atoms with E-state index in [1.165, 1.54) is 13.2 Å². The largest absolute Gasteiger partial charge is 0.494 e. The standard InChI is InChI=1S/C9H8N2O3S/c1-14-5-3-2-4(8(12)13)7-6(5)11-9(10)15-7/h2-3H,1H3,(H2,10,11)(H,12,13). The number of hydrogen-bond acceptors (Lipinski definition) is 5. The highest BCUT2D eigenvalue weighted by molar-refractivity contribution is 7.22. The number of carbonyl (C=O) groups is 1. The van der Waals surface area contributed by atoms with Crippen molar-refractivity contribution in [1.29, 1.82) is 0 Å². The van der Waals surface area contributed by atoms with Crippen LogP contribution in [0.4, 0.5) is 5.13 Å². The Labute approximate surface area is 89.1 Å². The van der Waals surface area contributed by atoms with E-state index in [4.69, 9.17) is 15.6 Å². The Morgan fingerprint density at radius 3 is 2.93 bits per heavy atom. The zero-order valence-electron chi connectivity index (χ0n) is 7.85. The van der Waals surface area contributed by atoms with Gasteiger partial charge in [0.2, 0.25) is 0 Å². The predicted molar refractivity (Wildman–Crippen MR) is 57.5 cm³/mol. The molecule has 0 fully saturated rings. The number of methoxy groups -OCH3 is 1. The second-order valence-corrected chi connectivity index (χ2v) is 3.88. The molecule has 0 aliphatic carbocycles. The molecule has 0 saturated heterocycles. The third kappa shape index (κ3) is 1.48. The summed E-state index contributed by atoms with van der Waals surface area (Å²) < 4.78 is 5.61. The molecule has 0 saturated carbocycles. The zero-order valence-corrected chi connectivity index (χ0v) is 8.67. The summed E-state index contributed by atoms with van der Waals surface area (Å²) in [5.41, 5.74) is 6.24. The van der Waals surface area contributed by atoms with Crippen LogP contribution in [0.1, 0.15) is 10.4 Å². The van der Waals surface area contributed by atoms with Crippen LogP contribution in [0.15, 0.2) is 12.1 Å². The van der Waals surface area contributed by atoms with Crippen molar-refractivity contribution in [2.24, 2.45) is 0 Å². The third-order valence-electron chi connectivity index (χ3n) is 1.97. The van der Waals surface area contributed by atoms with Gasteiger partial charge in [0.05, 0.1) is 17.4 Å². The second kappa shape index (κ2) is 3.39. The van der Waals surface area contributed by atoms with E-state index in [9.17, 15) is 4.79 Å². The Morgan fingerprint density at radius 2 is 2.33 bits per heavy atom. The molecule has 1 aromatic carbocycles. The van der Waals surface area contributed by atoms with Crippen LogP contribution in [0.5, 0.6) is 5.75 Å². The highest BCUT2D eigenvalue weighted by atomic mass is 32.1. The molecule has 0 amide bonds. The van der Waals surface area contributed by atoms with Crippen LogP contribution in [0, 0.1) is 0 Å². The molecule has 5 nitrogen and oxygen atoms in total. The van der Waals surface area contributed by atoms with Crippen molar-refractivity contribution in [2.45, 2.75) is 0 Å². The lowest BCUT2D eigenvalue weighted by Crippen LogP contribution is -1.96. The monoisotopic (exact) mass is 224 g/mol. The number of aromatic carboxylic acids is 1. The molecule has 0 radical (unpaired) electrons. The van der Waals surface area contributed by atoms with Gasteiger partial charge in [-0.15, -0.1) is 0 Å². The summed E-state index contributed by atoms with van der Waals surface area (Å²) in [6.45, 7) is 0. The minimum Gasteiger partial charge on any atom is -0.494 e. The highest BCUT2D eigenvalue weighted by Gasteiger charge is 2.15.